The third-order valence-corrected chi connectivity index (χ3v) is 5.20. The van der Waals surface area contributed by atoms with Crippen LogP contribution >= 0.6 is 22.9 Å². The van der Waals surface area contributed by atoms with Gasteiger partial charge in [-0.25, -0.2) is 0 Å². The molecule has 3 nitrogen and oxygen atoms in total. The molecule has 21 heavy (non-hydrogen) atoms. The fraction of sp³-hybridized carbons (Fsp3) is 0.312. The molecule has 1 unspecified atom stereocenters. The van der Waals surface area contributed by atoms with Gasteiger partial charge in [-0.2, -0.15) is 0 Å². The molecular weight excluding hydrogens is 306 g/mol. The van der Waals surface area contributed by atoms with Crippen LogP contribution in [0.25, 0.3) is 0 Å². The summed E-state index contributed by atoms with van der Waals surface area (Å²) in [5.74, 6) is -0.697. The van der Waals surface area contributed by atoms with Crippen LogP contribution in [-0.4, -0.2) is 19.6 Å². The van der Waals surface area contributed by atoms with Crippen molar-refractivity contribution in [3.8, 4) is 0 Å². The number of carbonyl (C=O) groups is 1. The van der Waals surface area contributed by atoms with Gasteiger partial charge in [0.15, 0.2) is 0 Å². The second-order valence-electron chi connectivity index (χ2n) is 5.00. The fourth-order valence-corrected chi connectivity index (χ4v) is 4.06. The Morgan fingerprint density at radius 3 is 3.00 bits per heavy atom. The Balaban J connectivity index is 2.06. The van der Waals surface area contributed by atoms with Crippen LogP contribution in [0.5, 0.6) is 0 Å². The summed E-state index contributed by atoms with van der Waals surface area (Å²) in [6.07, 6.45) is 1.000. The van der Waals surface area contributed by atoms with Crippen LogP contribution in [0.1, 0.15) is 28.0 Å². The Bertz CT molecular complexity index is 655. The molecule has 2 heterocycles. The van der Waals surface area contributed by atoms with Crippen LogP contribution in [0, 0.1) is 0 Å². The summed E-state index contributed by atoms with van der Waals surface area (Å²) in [5, 5.41) is 6.12. The molecule has 0 saturated heterocycles. The number of fused-ring (bicyclic) bond motifs is 1. The van der Waals surface area contributed by atoms with Crippen molar-refractivity contribution < 1.29 is 9.53 Å². The summed E-state index contributed by atoms with van der Waals surface area (Å²) in [5.41, 5.74) is 1.99. The molecular formula is C16H16ClNO2S. The maximum atomic E-state index is 12.4. The van der Waals surface area contributed by atoms with Crippen molar-refractivity contribution in [1.29, 1.82) is 0 Å². The smallest absolute Gasteiger partial charge is 0.315 e. The maximum absolute atomic E-state index is 12.4. The number of nitrogens with one attached hydrogen (secondary N) is 1. The van der Waals surface area contributed by atoms with Gasteiger partial charge in [-0.1, -0.05) is 29.8 Å². The first-order valence-electron chi connectivity index (χ1n) is 6.84. The number of hydrogen-bond acceptors (Lipinski definition) is 4. The Kier molecular flexibility index (Phi) is 4.29. The van der Waals surface area contributed by atoms with Crippen molar-refractivity contribution in [2.24, 2.45) is 0 Å². The highest BCUT2D eigenvalue weighted by Crippen LogP contribution is 2.40. The van der Waals surface area contributed by atoms with Crippen LogP contribution in [0.4, 0.5) is 0 Å². The van der Waals surface area contributed by atoms with Crippen LogP contribution in [0.3, 0.4) is 0 Å². The lowest BCUT2D eigenvalue weighted by atomic mass is 9.85. The van der Waals surface area contributed by atoms with E-state index in [0.29, 0.717) is 5.02 Å². The molecule has 0 fully saturated rings. The van der Waals surface area contributed by atoms with E-state index < -0.39 is 5.92 Å². The van der Waals surface area contributed by atoms with Crippen molar-refractivity contribution in [3.63, 3.8) is 0 Å². The zero-order valence-corrected chi connectivity index (χ0v) is 13.2. The number of carbonyl (C=O) groups excluding carboxylic acids is 1. The van der Waals surface area contributed by atoms with E-state index in [1.54, 1.807) is 11.3 Å². The highest BCUT2D eigenvalue weighted by Gasteiger charge is 2.36. The number of thiophene rings is 1. The molecule has 2 atom stereocenters. The molecule has 0 spiro atoms. The lowest BCUT2D eigenvalue weighted by Crippen LogP contribution is -2.36. The Hall–Kier alpha value is -1.36. The Morgan fingerprint density at radius 2 is 2.24 bits per heavy atom. The van der Waals surface area contributed by atoms with Crippen molar-refractivity contribution in [2.45, 2.75) is 18.4 Å². The lowest BCUT2D eigenvalue weighted by Gasteiger charge is -2.30. The average molecular weight is 322 g/mol. The van der Waals surface area contributed by atoms with Gasteiger partial charge in [-0.15, -0.1) is 11.3 Å². The van der Waals surface area contributed by atoms with Gasteiger partial charge in [-0.05, 0) is 35.1 Å². The number of rotatable bonds is 3. The predicted molar refractivity (Wildman–Crippen MR) is 85.0 cm³/mol. The minimum Gasteiger partial charge on any atom is -0.468 e. The zero-order valence-electron chi connectivity index (χ0n) is 11.6. The molecule has 0 radical (unpaired) electrons. The second kappa shape index (κ2) is 6.18. The van der Waals surface area contributed by atoms with Gasteiger partial charge in [-0.3, -0.25) is 4.79 Å². The molecule has 0 saturated carbocycles. The number of ether oxygens (including phenoxy) is 1. The lowest BCUT2D eigenvalue weighted by molar-refractivity contribution is -0.143. The van der Waals surface area contributed by atoms with E-state index in [0.717, 1.165) is 18.5 Å². The number of hydrogen-bond donors (Lipinski definition) is 1. The zero-order chi connectivity index (χ0) is 14.8. The monoisotopic (exact) mass is 321 g/mol. The molecule has 5 heteroatoms. The van der Waals surface area contributed by atoms with E-state index in [1.807, 2.05) is 24.3 Å². The van der Waals surface area contributed by atoms with Gasteiger partial charge in [0.2, 0.25) is 0 Å². The van der Waals surface area contributed by atoms with Crippen molar-refractivity contribution in [1.82, 2.24) is 5.32 Å². The van der Waals surface area contributed by atoms with Crippen LogP contribution in [0.2, 0.25) is 5.02 Å². The van der Waals surface area contributed by atoms with E-state index in [9.17, 15) is 4.79 Å². The summed E-state index contributed by atoms with van der Waals surface area (Å²) in [6, 6.07) is 9.46. The maximum Gasteiger partial charge on any atom is 0.315 e. The van der Waals surface area contributed by atoms with Gasteiger partial charge in [0, 0.05) is 16.4 Å². The van der Waals surface area contributed by atoms with E-state index in [1.165, 1.54) is 17.6 Å². The van der Waals surface area contributed by atoms with Crippen LogP contribution in [-0.2, 0) is 16.0 Å². The van der Waals surface area contributed by atoms with E-state index >= 15 is 0 Å². The molecule has 1 N–H and O–H groups in total. The van der Waals surface area contributed by atoms with E-state index in [2.05, 4.69) is 16.8 Å². The minimum atomic E-state index is -0.433. The number of esters is 1. The Morgan fingerprint density at radius 1 is 1.43 bits per heavy atom. The van der Waals surface area contributed by atoms with Crippen molar-refractivity contribution in [3.05, 3.63) is 56.7 Å². The normalized spacial score (nSPS) is 18.9. The summed E-state index contributed by atoms with van der Waals surface area (Å²) in [7, 11) is 1.42. The minimum absolute atomic E-state index is 0.0904. The number of benzene rings is 1. The Labute approximate surface area is 132 Å². The topological polar surface area (TPSA) is 38.3 Å². The molecule has 1 aromatic carbocycles. The largest absolute Gasteiger partial charge is 0.468 e. The first-order chi connectivity index (χ1) is 10.2. The molecule has 3 rings (SSSR count). The number of methoxy groups -OCH3 is 1. The average Bonchev–Trinajstić information content (AvgIpc) is 2.98. The summed E-state index contributed by atoms with van der Waals surface area (Å²) in [6.45, 7) is 0.857. The van der Waals surface area contributed by atoms with E-state index in [-0.39, 0.29) is 12.0 Å². The highest BCUT2D eigenvalue weighted by atomic mass is 35.5. The first kappa shape index (κ1) is 14.6. The van der Waals surface area contributed by atoms with Gasteiger partial charge in [0.1, 0.15) is 5.92 Å². The molecule has 0 aliphatic carbocycles. The quantitative estimate of drug-likeness (QED) is 0.879. The van der Waals surface area contributed by atoms with Crippen LogP contribution < -0.4 is 5.32 Å². The van der Waals surface area contributed by atoms with Gasteiger partial charge < -0.3 is 10.1 Å². The van der Waals surface area contributed by atoms with E-state index in [4.69, 9.17) is 16.3 Å². The molecule has 1 aliphatic rings. The molecule has 2 aromatic rings. The van der Waals surface area contributed by atoms with Crippen LogP contribution in [0.15, 0.2) is 35.7 Å². The molecule has 1 aliphatic heterocycles. The number of halogens is 1. The third kappa shape index (κ3) is 2.71. The highest BCUT2D eigenvalue weighted by molar-refractivity contribution is 7.10. The predicted octanol–water partition coefficient (Wildman–Crippen LogP) is 3.55. The van der Waals surface area contributed by atoms with Crippen molar-refractivity contribution >= 4 is 28.9 Å². The second-order valence-corrected chi connectivity index (χ2v) is 6.41. The molecule has 110 valence electrons. The fourth-order valence-electron chi connectivity index (χ4n) is 2.88. The molecule has 0 amide bonds. The van der Waals surface area contributed by atoms with Gasteiger partial charge >= 0.3 is 5.97 Å². The first-order valence-corrected chi connectivity index (χ1v) is 8.10. The SMILES string of the molecule is COC(=O)C(c1ccccc1Cl)[C@@H]1NCCc2sccc21. The molecule has 0 bridgehead atoms. The van der Waals surface area contributed by atoms with Crippen molar-refractivity contribution in [2.75, 3.05) is 13.7 Å². The van der Waals surface area contributed by atoms with Gasteiger partial charge in [0.25, 0.3) is 0 Å². The standard InChI is InChI=1S/C16H16ClNO2S/c1-20-16(19)14(10-4-2-3-5-12(10)17)15-11-7-9-21-13(11)6-8-18-15/h2-5,7,9,14-15,18H,6,8H2,1H3/t14?,15-/m1/s1. The summed E-state index contributed by atoms with van der Waals surface area (Å²) in [4.78, 5) is 13.7. The third-order valence-electron chi connectivity index (χ3n) is 3.86. The summed E-state index contributed by atoms with van der Waals surface area (Å²) < 4.78 is 5.03. The molecule has 1 aromatic heterocycles. The summed E-state index contributed by atoms with van der Waals surface area (Å²) >= 11 is 8.05. The van der Waals surface area contributed by atoms with Gasteiger partial charge in [0.05, 0.1) is 13.2 Å².